The van der Waals surface area contributed by atoms with Crippen LogP contribution in [-0.2, 0) is 11.2 Å². The minimum Gasteiger partial charge on any atom is -0.508 e. The van der Waals surface area contributed by atoms with Crippen molar-refractivity contribution in [3.05, 3.63) is 29.8 Å². The highest BCUT2D eigenvalue weighted by molar-refractivity contribution is 5.82. The fraction of sp³-hybridized carbons (Fsp3) is 0.462. The average molecular weight is 234 g/mol. The summed E-state index contributed by atoms with van der Waals surface area (Å²) in [5.74, 6) is 0.143. The first kappa shape index (κ1) is 11.9. The lowest BCUT2D eigenvalue weighted by Gasteiger charge is -2.27. The van der Waals surface area contributed by atoms with Gasteiger partial charge in [-0.15, -0.1) is 0 Å². The predicted octanol–water partition coefficient (Wildman–Crippen LogP) is 0.931. The van der Waals surface area contributed by atoms with E-state index in [1.807, 2.05) is 0 Å². The van der Waals surface area contributed by atoms with E-state index in [9.17, 15) is 4.79 Å². The lowest BCUT2D eigenvalue weighted by molar-refractivity contribution is -0.123. The van der Waals surface area contributed by atoms with E-state index < -0.39 is 6.04 Å². The van der Waals surface area contributed by atoms with Gasteiger partial charge in [0.1, 0.15) is 5.75 Å². The average Bonchev–Trinajstić information content (AvgIpc) is 2.26. The molecule has 1 saturated carbocycles. The molecule has 1 fully saturated rings. The number of nitrogens with one attached hydrogen (secondary N) is 1. The van der Waals surface area contributed by atoms with E-state index in [-0.39, 0.29) is 11.7 Å². The Morgan fingerprint density at radius 1 is 1.41 bits per heavy atom. The van der Waals surface area contributed by atoms with E-state index in [1.165, 1.54) is 6.42 Å². The van der Waals surface area contributed by atoms with E-state index in [0.29, 0.717) is 12.5 Å². The third-order valence-electron chi connectivity index (χ3n) is 3.18. The van der Waals surface area contributed by atoms with Crippen molar-refractivity contribution in [3.8, 4) is 5.75 Å². The van der Waals surface area contributed by atoms with Crippen LogP contribution in [0.15, 0.2) is 24.3 Å². The first-order valence-electron chi connectivity index (χ1n) is 5.99. The number of aromatic hydroxyl groups is 1. The van der Waals surface area contributed by atoms with Gasteiger partial charge in [-0.1, -0.05) is 12.1 Å². The maximum atomic E-state index is 11.7. The Morgan fingerprint density at radius 3 is 2.59 bits per heavy atom. The molecular formula is C13H18N2O2. The van der Waals surface area contributed by atoms with Crippen LogP contribution in [0.2, 0.25) is 0 Å². The second-order valence-electron chi connectivity index (χ2n) is 4.61. The fourth-order valence-corrected chi connectivity index (χ4v) is 1.84. The van der Waals surface area contributed by atoms with Crippen molar-refractivity contribution in [1.82, 2.24) is 5.32 Å². The molecule has 1 atom stereocenters. The number of phenols is 1. The quantitative estimate of drug-likeness (QED) is 0.725. The third kappa shape index (κ3) is 3.20. The maximum Gasteiger partial charge on any atom is 0.237 e. The highest BCUT2D eigenvalue weighted by Gasteiger charge is 2.22. The summed E-state index contributed by atoms with van der Waals surface area (Å²) in [6, 6.07) is 6.59. The van der Waals surface area contributed by atoms with Gasteiger partial charge in [0.2, 0.25) is 5.91 Å². The molecule has 0 bridgehead atoms. The van der Waals surface area contributed by atoms with Crippen molar-refractivity contribution < 1.29 is 9.90 Å². The van der Waals surface area contributed by atoms with Crippen molar-refractivity contribution in [1.29, 1.82) is 0 Å². The standard InChI is InChI=1S/C13H18N2O2/c14-12(13(17)15-10-2-1-3-10)8-9-4-6-11(16)7-5-9/h4-7,10,12,16H,1-3,8,14H2,(H,15,17). The maximum absolute atomic E-state index is 11.7. The van der Waals surface area contributed by atoms with Crippen LogP contribution in [0.5, 0.6) is 5.75 Å². The van der Waals surface area contributed by atoms with E-state index in [0.717, 1.165) is 18.4 Å². The molecule has 0 saturated heterocycles. The molecule has 0 aliphatic heterocycles. The van der Waals surface area contributed by atoms with Gasteiger partial charge in [0.05, 0.1) is 6.04 Å². The number of rotatable bonds is 4. The summed E-state index contributed by atoms with van der Waals surface area (Å²) in [4.78, 5) is 11.7. The van der Waals surface area contributed by atoms with Crippen molar-refractivity contribution >= 4 is 5.91 Å². The summed E-state index contributed by atoms with van der Waals surface area (Å²) in [5.41, 5.74) is 6.80. The zero-order valence-corrected chi connectivity index (χ0v) is 9.73. The van der Waals surface area contributed by atoms with Crippen molar-refractivity contribution in [3.63, 3.8) is 0 Å². The zero-order chi connectivity index (χ0) is 12.3. The molecule has 0 heterocycles. The minimum absolute atomic E-state index is 0.0808. The van der Waals surface area contributed by atoms with Crippen molar-refractivity contribution in [2.45, 2.75) is 37.8 Å². The molecule has 17 heavy (non-hydrogen) atoms. The van der Waals surface area contributed by atoms with Gasteiger partial charge in [-0.25, -0.2) is 0 Å². The predicted molar refractivity (Wildman–Crippen MR) is 65.6 cm³/mol. The lowest BCUT2D eigenvalue weighted by Crippen LogP contribution is -2.48. The van der Waals surface area contributed by atoms with Gasteiger partial charge in [0.25, 0.3) is 0 Å². The Morgan fingerprint density at radius 2 is 2.06 bits per heavy atom. The molecule has 1 aliphatic rings. The Bertz CT molecular complexity index is 385. The number of hydrogen-bond donors (Lipinski definition) is 3. The molecule has 92 valence electrons. The number of carbonyl (C=O) groups is 1. The summed E-state index contributed by atoms with van der Waals surface area (Å²) in [6.07, 6.45) is 3.83. The van der Waals surface area contributed by atoms with Crippen LogP contribution >= 0.6 is 0 Å². The molecule has 1 aromatic carbocycles. The number of hydrogen-bond acceptors (Lipinski definition) is 3. The zero-order valence-electron chi connectivity index (χ0n) is 9.73. The third-order valence-corrected chi connectivity index (χ3v) is 3.18. The van der Waals surface area contributed by atoms with E-state index in [1.54, 1.807) is 24.3 Å². The van der Waals surface area contributed by atoms with E-state index in [2.05, 4.69) is 5.32 Å². The first-order valence-corrected chi connectivity index (χ1v) is 5.99. The Labute approximate surface area is 101 Å². The van der Waals surface area contributed by atoms with Gasteiger partial charge in [0.15, 0.2) is 0 Å². The van der Waals surface area contributed by atoms with E-state index >= 15 is 0 Å². The Balaban J connectivity index is 1.84. The van der Waals surface area contributed by atoms with Crippen LogP contribution in [0, 0.1) is 0 Å². The Kier molecular flexibility index (Phi) is 3.64. The van der Waals surface area contributed by atoms with Gasteiger partial charge < -0.3 is 16.2 Å². The molecular weight excluding hydrogens is 216 g/mol. The molecule has 0 radical (unpaired) electrons. The van der Waals surface area contributed by atoms with Crippen LogP contribution in [0.4, 0.5) is 0 Å². The van der Waals surface area contributed by atoms with Crippen LogP contribution in [0.25, 0.3) is 0 Å². The monoisotopic (exact) mass is 234 g/mol. The number of carbonyl (C=O) groups excluding carboxylic acids is 1. The van der Waals surface area contributed by atoms with Gasteiger partial charge in [0, 0.05) is 6.04 Å². The minimum atomic E-state index is -0.514. The van der Waals surface area contributed by atoms with E-state index in [4.69, 9.17) is 10.8 Å². The van der Waals surface area contributed by atoms with Crippen LogP contribution < -0.4 is 11.1 Å². The van der Waals surface area contributed by atoms with Crippen molar-refractivity contribution in [2.75, 3.05) is 0 Å². The Hall–Kier alpha value is -1.55. The van der Waals surface area contributed by atoms with Crippen LogP contribution in [-0.4, -0.2) is 23.1 Å². The second-order valence-corrected chi connectivity index (χ2v) is 4.61. The summed E-state index contributed by atoms with van der Waals surface area (Å²) in [5, 5.41) is 12.1. The highest BCUT2D eigenvalue weighted by atomic mass is 16.3. The molecule has 4 N–H and O–H groups in total. The van der Waals surface area contributed by atoms with Gasteiger partial charge in [-0.3, -0.25) is 4.79 Å². The molecule has 1 amide bonds. The molecule has 0 spiro atoms. The van der Waals surface area contributed by atoms with Crippen LogP contribution in [0.3, 0.4) is 0 Å². The van der Waals surface area contributed by atoms with Gasteiger partial charge in [-0.2, -0.15) is 0 Å². The van der Waals surface area contributed by atoms with Gasteiger partial charge >= 0.3 is 0 Å². The fourth-order valence-electron chi connectivity index (χ4n) is 1.84. The summed E-state index contributed by atoms with van der Waals surface area (Å²) in [6.45, 7) is 0. The van der Waals surface area contributed by atoms with Crippen molar-refractivity contribution in [2.24, 2.45) is 5.73 Å². The SMILES string of the molecule is NC(Cc1ccc(O)cc1)C(=O)NC1CCC1. The normalized spacial score (nSPS) is 17.2. The molecule has 2 rings (SSSR count). The molecule has 4 heteroatoms. The molecule has 4 nitrogen and oxygen atoms in total. The smallest absolute Gasteiger partial charge is 0.237 e. The summed E-state index contributed by atoms with van der Waals surface area (Å²) >= 11 is 0. The molecule has 1 aliphatic carbocycles. The summed E-state index contributed by atoms with van der Waals surface area (Å²) in [7, 11) is 0. The number of phenolic OH excluding ortho intramolecular Hbond substituents is 1. The van der Waals surface area contributed by atoms with Gasteiger partial charge in [-0.05, 0) is 43.4 Å². The number of amides is 1. The first-order chi connectivity index (χ1) is 8.15. The topological polar surface area (TPSA) is 75.3 Å². The molecule has 1 unspecified atom stereocenters. The number of benzene rings is 1. The summed E-state index contributed by atoms with van der Waals surface area (Å²) < 4.78 is 0. The second kappa shape index (κ2) is 5.19. The highest BCUT2D eigenvalue weighted by Crippen LogP contribution is 2.18. The lowest BCUT2D eigenvalue weighted by atomic mass is 9.92. The molecule has 1 aromatic rings. The molecule has 0 aromatic heterocycles. The van der Waals surface area contributed by atoms with Crippen LogP contribution in [0.1, 0.15) is 24.8 Å². The number of nitrogens with two attached hydrogens (primary N) is 1. The largest absolute Gasteiger partial charge is 0.508 e.